The van der Waals surface area contributed by atoms with Gasteiger partial charge in [-0.2, -0.15) is 0 Å². The quantitative estimate of drug-likeness (QED) is 0.0358. The lowest BCUT2D eigenvalue weighted by Gasteiger charge is -2.27. The highest BCUT2D eigenvalue weighted by molar-refractivity contribution is 5.80. The molecule has 0 radical (unpaired) electrons. The highest BCUT2D eigenvalue weighted by Crippen LogP contribution is 2.25. The van der Waals surface area contributed by atoms with Gasteiger partial charge in [0.05, 0.1) is 31.0 Å². The van der Waals surface area contributed by atoms with Crippen molar-refractivity contribution in [1.29, 1.82) is 0 Å². The minimum absolute atomic E-state index is 0.00467. The van der Waals surface area contributed by atoms with Crippen molar-refractivity contribution < 1.29 is 29.3 Å². The molecule has 0 spiro atoms. The molecule has 1 aliphatic rings. The summed E-state index contributed by atoms with van der Waals surface area (Å²) < 4.78 is 10.6. The molecule has 0 aromatic rings. The molecule has 0 aromatic carbocycles. The third-order valence-electron chi connectivity index (χ3n) is 15.3. The first kappa shape index (κ1) is 64.6. The average Bonchev–Trinajstić information content (AvgIpc) is 3.40. The van der Waals surface area contributed by atoms with E-state index >= 15 is 0 Å². The van der Waals surface area contributed by atoms with Gasteiger partial charge in [0.2, 0.25) is 0 Å². The van der Waals surface area contributed by atoms with Gasteiger partial charge < -0.3 is 19.7 Å². The van der Waals surface area contributed by atoms with Gasteiger partial charge >= 0.3 is 11.9 Å². The Morgan fingerprint density at radius 2 is 0.632 bits per heavy atom. The number of hydrogen-bond donors (Lipinski definition) is 2. The number of esters is 2. The number of allylic oxidation sites excluding steroid dienone is 2. The summed E-state index contributed by atoms with van der Waals surface area (Å²) in [6, 6.07) is 0. The van der Waals surface area contributed by atoms with Crippen LogP contribution >= 0.6 is 0 Å². The van der Waals surface area contributed by atoms with Crippen LogP contribution in [0.3, 0.4) is 0 Å². The molecule has 0 aliphatic carbocycles. The van der Waals surface area contributed by atoms with Crippen molar-refractivity contribution in [3.05, 3.63) is 12.2 Å². The predicted octanol–water partition coefficient (Wildman–Crippen LogP) is 19.1. The van der Waals surface area contributed by atoms with E-state index < -0.39 is 36.5 Å². The number of cyclic esters (lactones) is 2. The van der Waals surface area contributed by atoms with Gasteiger partial charge in [-0.25, -0.2) is 0 Å². The van der Waals surface area contributed by atoms with E-state index in [-0.39, 0.29) is 19.6 Å². The van der Waals surface area contributed by atoms with Gasteiger partial charge in [0.25, 0.3) is 0 Å². The van der Waals surface area contributed by atoms with Crippen LogP contribution in [0.4, 0.5) is 0 Å². The van der Waals surface area contributed by atoms with Crippen LogP contribution in [-0.4, -0.2) is 48.6 Å². The minimum Gasteiger partial charge on any atom is -0.465 e. The van der Waals surface area contributed by atoms with Crippen LogP contribution in [0.25, 0.3) is 0 Å². The Labute approximate surface area is 423 Å². The van der Waals surface area contributed by atoms with E-state index in [0.717, 1.165) is 19.3 Å². The lowest BCUT2D eigenvalue weighted by molar-refractivity contribution is -0.155. The van der Waals surface area contributed by atoms with Crippen molar-refractivity contribution in [3.8, 4) is 0 Å². The minimum atomic E-state index is -1.12. The van der Waals surface area contributed by atoms with Crippen molar-refractivity contribution in [1.82, 2.24) is 0 Å². The summed E-state index contributed by atoms with van der Waals surface area (Å²) in [5.74, 6) is -1.40. The smallest absolute Gasteiger partial charge is 0.309 e. The Morgan fingerprint density at radius 3 is 0.912 bits per heavy atom. The van der Waals surface area contributed by atoms with E-state index in [0.29, 0.717) is 6.42 Å². The number of rotatable bonds is 53. The van der Waals surface area contributed by atoms with Gasteiger partial charge in [-0.05, 0) is 32.1 Å². The molecule has 1 saturated heterocycles. The lowest BCUT2D eigenvalue weighted by Crippen LogP contribution is -2.40. The molecule has 0 amide bonds. The summed E-state index contributed by atoms with van der Waals surface area (Å²) in [5.41, 5.74) is -1.12. The number of carbonyl (C=O) groups excluding carboxylic acids is 2. The number of aliphatic hydroxyl groups is 2. The van der Waals surface area contributed by atoms with Crippen LogP contribution in [0, 0.1) is 11.3 Å². The largest absolute Gasteiger partial charge is 0.465 e. The SMILES string of the molecule is CCCCCCCCCCCCCCCCCCCCC/C=C/CCCCCCCCCCCCCCCCCCCCCCCCCCCCCCC1CC(=O)OCC(CO)(CO)COC1=O. The number of aliphatic hydroxyl groups excluding tert-OH is 2. The first-order valence-corrected chi connectivity index (χ1v) is 30.8. The number of unbranched alkanes of at least 4 members (excludes halogenated alkanes) is 47. The molecule has 402 valence electrons. The van der Waals surface area contributed by atoms with Crippen LogP contribution in [-0.2, 0) is 19.1 Å². The van der Waals surface area contributed by atoms with Crippen molar-refractivity contribution in [2.45, 2.75) is 334 Å². The monoisotopic (exact) mass is 959 g/mol. The molecule has 1 heterocycles. The fourth-order valence-electron chi connectivity index (χ4n) is 10.2. The maximum Gasteiger partial charge on any atom is 0.309 e. The van der Waals surface area contributed by atoms with Gasteiger partial charge in [0.1, 0.15) is 13.2 Å². The second kappa shape index (κ2) is 51.9. The second-order valence-corrected chi connectivity index (χ2v) is 22.1. The van der Waals surface area contributed by atoms with Crippen LogP contribution in [0.1, 0.15) is 334 Å². The molecule has 0 bridgehead atoms. The maximum absolute atomic E-state index is 12.5. The van der Waals surface area contributed by atoms with E-state index in [9.17, 15) is 19.8 Å². The third kappa shape index (κ3) is 43.4. The first-order chi connectivity index (χ1) is 33.6. The van der Waals surface area contributed by atoms with Crippen LogP contribution < -0.4 is 0 Å². The molecule has 0 aromatic heterocycles. The highest BCUT2D eigenvalue weighted by Gasteiger charge is 2.36. The van der Waals surface area contributed by atoms with Crippen molar-refractivity contribution in [2.24, 2.45) is 11.3 Å². The standard InChI is InChI=1S/C62H118O6/c1-2-3-4-5-6-7-8-9-10-11-12-13-14-15-16-17-18-19-20-21-22-23-24-25-26-27-28-29-30-31-32-33-34-35-36-37-38-39-40-41-42-43-44-45-46-47-48-49-50-51-52-53-59-54-60(65)67-57-62(55-63,56-64)58-68-61(59)66/h22-23,59,63-64H,2-21,24-58H2,1H3/b23-22+. The van der Waals surface area contributed by atoms with Crippen LogP contribution in [0.2, 0.25) is 0 Å². The van der Waals surface area contributed by atoms with Crippen molar-refractivity contribution in [3.63, 3.8) is 0 Å². The molecule has 1 unspecified atom stereocenters. The number of carbonyl (C=O) groups is 2. The summed E-state index contributed by atoms with van der Waals surface area (Å²) >= 11 is 0. The van der Waals surface area contributed by atoms with Gasteiger partial charge in [0, 0.05) is 0 Å². The van der Waals surface area contributed by atoms with E-state index in [1.165, 1.54) is 295 Å². The van der Waals surface area contributed by atoms with E-state index in [4.69, 9.17) is 9.47 Å². The van der Waals surface area contributed by atoms with Crippen molar-refractivity contribution in [2.75, 3.05) is 26.4 Å². The zero-order valence-electron chi connectivity index (χ0n) is 45.7. The molecular weight excluding hydrogens is 841 g/mol. The lowest BCUT2D eigenvalue weighted by atomic mass is 9.92. The summed E-state index contributed by atoms with van der Waals surface area (Å²) in [5, 5.41) is 19.2. The Hall–Kier alpha value is -1.40. The normalized spacial score (nSPS) is 15.4. The summed E-state index contributed by atoms with van der Waals surface area (Å²) in [6.45, 7) is 1.21. The fraction of sp³-hybridized carbons (Fsp3) is 0.935. The van der Waals surface area contributed by atoms with Crippen LogP contribution in [0.15, 0.2) is 12.2 Å². The molecule has 1 fully saturated rings. The molecule has 6 nitrogen and oxygen atoms in total. The Kier molecular flexibility index (Phi) is 49.4. The first-order valence-electron chi connectivity index (χ1n) is 30.8. The zero-order chi connectivity index (χ0) is 49.0. The topological polar surface area (TPSA) is 93.1 Å². The average molecular weight is 960 g/mol. The maximum atomic E-state index is 12.5. The van der Waals surface area contributed by atoms with Gasteiger partial charge in [-0.15, -0.1) is 0 Å². The zero-order valence-corrected chi connectivity index (χ0v) is 45.7. The van der Waals surface area contributed by atoms with Crippen molar-refractivity contribution >= 4 is 11.9 Å². The Morgan fingerprint density at radius 1 is 0.382 bits per heavy atom. The highest BCUT2D eigenvalue weighted by atomic mass is 16.6. The Bertz CT molecular complexity index is 1070. The molecule has 1 atom stereocenters. The predicted molar refractivity (Wildman–Crippen MR) is 292 cm³/mol. The molecule has 1 aliphatic heterocycles. The Balaban J connectivity index is 1.69. The second-order valence-electron chi connectivity index (χ2n) is 22.1. The number of hydrogen-bond acceptors (Lipinski definition) is 6. The molecule has 6 heteroatoms. The number of ether oxygens (including phenoxy) is 2. The van der Waals surface area contributed by atoms with E-state index in [2.05, 4.69) is 19.1 Å². The molecular formula is C62H118O6. The summed E-state index contributed by atoms with van der Waals surface area (Å²) in [7, 11) is 0. The van der Waals surface area contributed by atoms with Crippen LogP contribution in [0.5, 0.6) is 0 Å². The van der Waals surface area contributed by atoms with E-state index in [1.807, 2.05) is 0 Å². The molecule has 0 saturated carbocycles. The molecule has 1 rings (SSSR count). The molecule has 2 N–H and O–H groups in total. The van der Waals surface area contributed by atoms with E-state index in [1.54, 1.807) is 0 Å². The fourth-order valence-corrected chi connectivity index (χ4v) is 10.2. The summed E-state index contributed by atoms with van der Waals surface area (Å²) in [4.78, 5) is 24.7. The summed E-state index contributed by atoms with van der Waals surface area (Å²) in [6.07, 6.45) is 74.2. The van der Waals surface area contributed by atoms with Gasteiger partial charge in [-0.3, -0.25) is 9.59 Å². The van der Waals surface area contributed by atoms with Gasteiger partial charge in [-0.1, -0.05) is 308 Å². The third-order valence-corrected chi connectivity index (χ3v) is 15.3. The molecule has 68 heavy (non-hydrogen) atoms. The van der Waals surface area contributed by atoms with Gasteiger partial charge in [0.15, 0.2) is 0 Å².